The normalized spacial score (nSPS) is 8.25. The minimum absolute atomic E-state index is 0. The Labute approximate surface area is 82.1 Å². The second kappa shape index (κ2) is 11.3. The van der Waals surface area contributed by atoms with Crippen molar-refractivity contribution in [3.63, 3.8) is 0 Å². The zero-order valence-electron chi connectivity index (χ0n) is 4.91. The van der Waals surface area contributed by atoms with Crippen molar-refractivity contribution < 1.29 is 0 Å². The van der Waals surface area contributed by atoms with Gasteiger partial charge in [-0.3, -0.25) is 0 Å². The number of hydrogen-bond donors (Lipinski definition) is 0. The average molecular weight is 238 g/mol. The fraction of sp³-hybridized carbons (Fsp3) is 1.00. The standard InChI is InChI=1S/C6H13I.Mg.2H/c1-2-3-4-5-6-7;;;/h2-6H2,1H3;;;. The molecular formula is C6H15IMg. The summed E-state index contributed by atoms with van der Waals surface area (Å²) in [7, 11) is 0. The van der Waals surface area contributed by atoms with Gasteiger partial charge in [-0.15, -0.1) is 0 Å². The van der Waals surface area contributed by atoms with E-state index in [9.17, 15) is 0 Å². The van der Waals surface area contributed by atoms with Crippen molar-refractivity contribution in [2.45, 2.75) is 32.6 Å². The van der Waals surface area contributed by atoms with Crippen LogP contribution in [0, 0.1) is 0 Å². The van der Waals surface area contributed by atoms with Crippen LogP contribution in [0.4, 0.5) is 0 Å². The van der Waals surface area contributed by atoms with Crippen LogP contribution < -0.4 is 0 Å². The van der Waals surface area contributed by atoms with Crippen LogP contribution in [0.3, 0.4) is 0 Å². The Balaban J connectivity index is 0. The van der Waals surface area contributed by atoms with Gasteiger partial charge in [0.1, 0.15) is 0 Å². The first-order valence-electron chi connectivity index (χ1n) is 2.97. The van der Waals surface area contributed by atoms with Crippen molar-refractivity contribution in [3.05, 3.63) is 0 Å². The molecule has 0 aliphatic carbocycles. The van der Waals surface area contributed by atoms with E-state index in [1.807, 2.05) is 0 Å². The minimum atomic E-state index is 0. The van der Waals surface area contributed by atoms with Gasteiger partial charge in [-0.05, 0) is 10.8 Å². The third kappa shape index (κ3) is 10.5. The number of halogens is 1. The number of rotatable bonds is 4. The quantitative estimate of drug-likeness (QED) is 0.304. The molecule has 0 rings (SSSR count). The SMILES string of the molecule is CCCCCCI.[MgH2]. The van der Waals surface area contributed by atoms with Crippen molar-refractivity contribution >= 4 is 45.6 Å². The second-order valence-electron chi connectivity index (χ2n) is 1.75. The summed E-state index contributed by atoms with van der Waals surface area (Å²) >= 11 is 2.43. The van der Waals surface area contributed by atoms with Gasteiger partial charge in [-0.2, -0.15) is 0 Å². The summed E-state index contributed by atoms with van der Waals surface area (Å²) < 4.78 is 1.33. The van der Waals surface area contributed by atoms with E-state index in [0.29, 0.717) is 0 Å². The molecule has 0 heterocycles. The fourth-order valence-electron chi connectivity index (χ4n) is 0.521. The number of alkyl halides is 1. The van der Waals surface area contributed by atoms with E-state index >= 15 is 0 Å². The molecule has 0 aromatic carbocycles. The van der Waals surface area contributed by atoms with E-state index in [0.717, 1.165) is 0 Å². The number of hydrogen-bond acceptors (Lipinski definition) is 0. The predicted octanol–water partition coefficient (Wildman–Crippen LogP) is 2.09. The Morgan fingerprint density at radius 3 is 2.12 bits per heavy atom. The molecule has 0 radical (unpaired) electrons. The molecule has 0 spiro atoms. The first kappa shape index (κ1) is 12.2. The molecule has 2 heteroatoms. The van der Waals surface area contributed by atoms with E-state index in [2.05, 4.69) is 29.5 Å². The van der Waals surface area contributed by atoms with Gasteiger partial charge < -0.3 is 0 Å². The van der Waals surface area contributed by atoms with Crippen LogP contribution in [0.2, 0.25) is 0 Å². The molecule has 0 fully saturated rings. The molecule has 0 atom stereocenters. The van der Waals surface area contributed by atoms with Gasteiger partial charge in [-0.1, -0.05) is 48.8 Å². The summed E-state index contributed by atoms with van der Waals surface area (Å²) in [4.78, 5) is 0. The van der Waals surface area contributed by atoms with Crippen molar-refractivity contribution in [2.24, 2.45) is 0 Å². The monoisotopic (exact) mass is 238 g/mol. The molecule has 0 N–H and O–H groups in total. The van der Waals surface area contributed by atoms with Gasteiger partial charge in [0, 0.05) is 0 Å². The van der Waals surface area contributed by atoms with E-state index < -0.39 is 0 Å². The first-order chi connectivity index (χ1) is 3.41. The molecule has 0 aromatic heterocycles. The Morgan fingerprint density at radius 1 is 1.12 bits per heavy atom. The van der Waals surface area contributed by atoms with Gasteiger partial charge in [0.2, 0.25) is 0 Å². The lowest BCUT2D eigenvalue weighted by atomic mass is 10.2. The zero-order valence-corrected chi connectivity index (χ0v) is 7.07. The molecule has 0 saturated carbocycles. The number of unbranched alkanes of at least 4 members (excludes halogenated alkanes) is 3. The zero-order chi connectivity index (χ0) is 5.54. The first-order valence-corrected chi connectivity index (χ1v) is 4.50. The Hall–Kier alpha value is 1.50. The van der Waals surface area contributed by atoms with Crippen molar-refractivity contribution in [3.8, 4) is 0 Å². The van der Waals surface area contributed by atoms with Crippen LogP contribution in [0.1, 0.15) is 32.6 Å². The van der Waals surface area contributed by atoms with Crippen LogP contribution in [-0.2, 0) is 0 Å². The van der Waals surface area contributed by atoms with E-state index in [4.69, 9.17) is 0 Å². The topological polar surface area (TPSA) is 0 Å². The highest BCUT2D eigenvalue weighted by molar-refractivity contribution is 14.1. The van der Waals surface area contributed by atoms with Crippen LogP contribution in [-0.4, -0.2) is 27.5 Å². The molecule has 0 bridgehead atoms. The minimum Gasteiger partial charge on any atom is -0.0864 e. The third-order valence-corrected chi connectivity index (χ3v) is 1.75. The maximum Gasteiger partial charge on any atom is 0.316 e. The Bertz CT molecular complexity index is 27.7. The van der Waals surface area contributed by atoms with Crippen LogP contribution in [0.5, 0.6) is 0 Å². The van der Waals surface area contributed by atoms with E-state index in [1.54, 1.807) is 0 Å². The molecule has 0 aromatic rings. The van der Waals surface area contributed by atoms with E-state index in [-0.39, 0.29) is 23.1 Å². The molecule has 8 heavy (non-hydrogen) atoms. The predicted molar refractivity (Wildman–Crippen MR) is 51.6 cm³/mol. The second-order valence-corrected chi connectivity index (χ2v) is 2.83. The molecule has 0 aliphatic heterocycles. The Morgan fingerprint density at radius 2 is 1.75 bits per heavy atom. The van der Waals surface area contributed by atoms with Gasteiger partial charge in [-0.25, -0.2) is 0 Å². The summed E-state index contributed by atoms with van der Waals surface area (Å²) in [6.45, 7) is 2.24. The maximum absolute atomic E-state index is 2.43. The van der Waals surface area contributed by atoms with E-state index in [1.165, 1.54) is 30.1 Å². The highest BCUT2D eigenvalue weighted by Gasteiger charge is 1.80. The van der Waals surface area contributed by atoms with Crippen molar-refractivity contribution in [2.75, 3.05) is 4.43 Å². The summed E-state index contributed by atoms with van der Waals surface area (Å²) in [6.07, 6.45) is 5.62. The average Bonchev–Trinajstić information content (AvgIpc) is 1.69. The van der Waals surface area contributed by atoms with Crippen LogP contribution >= 0.6 is 22.6 Å². The van der Waals surface area contributed by atoms with Gasteiger partial charge in [0.05, 0.1) is 0 Å². The fourth-order valence-corrected chi connectivity index (χ4v) is 1.06. The lowest BCUT2D eigenvalue weighted by Gasteiger charge is -1.89. The lowest BCUT2D eigenvalue weighted by Crippen LogP contribution is -1.73. The molecule has 0 amide bonds. The molecule has 0 unspecified atom stereocenters. The Kier molecular flexibility index (Phi) is 17.3. The molecular weight excluding hydrogens is 223 g/mol. The third-order valence-electron chi connectivity index (χ3n) is 0.987. The molecule has 0 saturated heterocycles. The van der Waals surface area contributed by atoms with Gasteiger partial charge >= 0.3 is 23.1 Å². The molecule has 0 nitrogen and oxygen atoms in total. The smallest absolute Gasteiger partial charge is 0.0864 e. The summed E-state index contributed by atoms with van der Waals surface area (Å²) in [5, 5.41) is 0. The largest absolute Gasteiger partial charge is 0.316 e. The molecule has 0 aliphatic rings. The maximum atomic E-state index is 2.43. The van der Waals surface area contributed by atoms with Gasteiger partial charge in [0.15, 0.2) is 0 Å². The lowest BCUT2D eigenvalue weighted by molar-refractivity contribution is 0.710. The van der Waals surface area contributed by atoms with Crippen molar-refractivity contribution in [1.82, 2.24) is 0 Å². The summed E-state index contributed by atoms with van der Waals surface area (Å²) in [5.41, 5.74) is 0. The van der Waals surface area contributed by atoms with Crippen LogP contribution in [0.15, 0.2) is 0 Å². The molecule has 48 valence electrons. The summed E-state index contributed by atoms with van der Waals surface area (Å²) in [5.74, 6) is 0. The highest BCUT2D eigenvalue weighted by atomic mass is 127. The van der Waals surface area contributed by atoms with Crippen LogP contribution in [0.25, 0.3) is 0 Å². The highest BCUT2D eigenvalue weighted by Crippen LogP contribution is 2.00. The van der Waals surface area contributed by atoms with Gasteiger partial charge in [0.25, 0.3) is 0 Å². The van der Waals surface area contributed by atoms with Crippen molar-refractivity contribution in [1.29, 1.82) is 0 Å². The summed E-state index contributed by atoms with van der Waals surface area (Å²) in [6, 6.07) is 0.